The number of nitrogens with one attached hydrogen (secondary N) is 1. The lowest BCUT2D eigenvalue weighted by Gasteiger charge is -2.38. The predicted molar refractivity (Wildman–Crippen MR) is 99.6 cm³/mol. The maximum Gasteiger partial charge on any atom is 0.433 e. The van der Waals surface area contributed by atoms with Gasteiger partial charge in [-0.05, 0) is 19.3 Å². The largest absolute Gasteiger partial charge is 0.433 e. The van der Waals surface area contributed by atoms with Gasteiger partial charge in [-0.2, -0.15) is 13.2 Å². The molecule has 3 aliphatic rings. The van der Waals surface area contributed by atoms with Crippen molar-refractivity contribution in [2.45, 2.75) is 43.5 Å². The highest BCUT2D eigenvalue weighted by molar-refractivity contribution is 7.91. The Kier molecular flexibility index (Phi) is 5.11. The van der Waals surface area contributed by atoms with Crippen LogP contribution in [-0.2, 0) is 25.6 Å². The zero-order valence-corrected chi connectivity index (χ0v) is 16.7. The molecule has 13 heteroatoms. The summed E-state index contributed by atoms with van der Waals surface area (Å²) in [5.41, 5.74) is -1.71. The minimum atomic E-state index is -4.57. The molecule has 164 valence electrons. The van der Waals surface area contributed by atoms with E-state index in [1.165, 1.54) is 0 Å². The third-order valence-electron chi connectivity index (χ3n) is 5.48. The van der Waals surface area contributed by atoms with E-state index in [9.17, 15) is 26.4 Å². The first-order valence-electron chi connectivity index (χ1n) is 9.46. The van der Waals surface area contributed by atoms with Crippen LogP contribution in [-0.4, -0.2) is 66.2 Å². The average molecular weight is 447 g/mol. The first-order chi connectivity index (χ1) is 14.1. The van der Waals surface area contributed by atoms with Gasteiger partial charge in [-0.15, -0.1) is 0 Å². The number of anilines is 1. The van der Waals surface area contributed by atoms with Crippen LogP contribution < -0.4 is 10.2 Å². The Bertz CT molecular complexity index is 984. The second-order valence-corrected chi connectivity index (χ2v) is 10.1. The molecule has 2 saturated heterocycles. The Morgan fingerprint density at radius 3 is 2.83 bits per heavy atom. The van der Waals surface area contributed by atoms with Crippen LogP contribution in [0.3, 0.4) is 0 Å². The maximum atomic E-state index is 13.0. The number of hydrogen-bond donors (Lipinski definition) is 1. The molecule has 1 N–H and O–H groups in total. The number of oxime groups is 1. The average Bonchev–Trinajstić information content (AvgIpc) is 3.24. The number of halogens is 3. The van der Waals surface area contributed by atoms with E-state index in [-0.39, 0.29) is 36.0 Å². The number of carbonyl (C=O) groups is 1. The quantitative estimate of drug-likeness (QED) is 0.733. The number of alkyl halides is 3. The summed E-state index contributed by atoms with van der Waals surface area (Å²) in [6, 6.07) is 0.439. The van der Waals surface area contributed by atoms with Crippen LogP contribution in [0.1, 0.15) is 31.4 Å². The van der Waals surface area contributed by atoms with E-state index < -0.39 is 39.3 Å². The molecule has 3 aliphatic heterocycles. The number of carbonyl (C=O) groups excluding carboxylic acids is 1. The van der Waals surface area contributed by atoms with Gasteiger partial charge in [-0.1, -0.05) is 5.16 Å². The van der Waals surface area contributed by atoms with E-state index in [1.807, 2.05) is 0 Å². The minimum absolute atomic E-state index is 0.0403. The summed E-state index contributed by atoms with van der Waals surface area (Å²) < 4.78 is 62.0. The first-order valence-corrected chi connectivity index (χ1v) is 11.3. The van der Waals surface area contributed by atoms with E-state index in [2.05, 4.69) is 20.4 Å². The van der Waals surface area contributed by atoms with Gasteiger partial charge in [0.25, 0.3) is 5.91 Å². The summed E-state index contributed by atoms with van der Waals surface area (Å²) in [5.74, 6) is -0.402. The molecule has 0 radical (unpaired) electrons. The topological polar surface area (TPSA) is 114 Å². The lowest BCUT2D eigenvalue weighted by molar-refractivity contribution is -0.141. The summed E-state index contributed by atoms with van der Waals surface area (Å²) >= 11 is 0. The Balaban J connectivity index is 1.41. The van der Waals surface area contributed by atoms with Gasteiger partial charge < -0.3 is 15.1 Å². The van der Waals surface area contributed by atoms with Gasteiger partial charge in [-0.3, -0.25) is 4.79 Å². The third-order valence-corrected chi connectivity index (χ3v) is 7.24. The fraction of sp³-hybridized carbons (Fsp3) is 0.647. The fourth-order valence-corrected chi connectivity index (χ4v) is 5.68. The van der Waals surface area contributed by atoms with Crippen LogP contribution in [0.15, 0.2) is 17.5 Å². The smallest absolute Gasteiger partial charge is 0.386 e. The molecule has 4 rings (SSSR count). The first kappa shape index (κ1) is 20.8. The fourth-order valence-electron chi connectivity index (χ4n) is 4.01. The van der Waals surface area contributed by atoms with Gasteiger partial charge in [0.05, 0.1) is 18.1 Å². The SMILES string of the molecule is O=C(N[C@@H]1CCS(=O)(=O)C1)C1=NO[C@@]2(CCCN(c3cc(C(F)(F)F)ncn3)C2)C1. The zero-order chi connectivity index (χ0) is 21.6. The van der Waals surface area contributed by atoms with E-state index in [4.69, 9.17) is 4.84 Å². The van der Waals surface area contributed by atoms with Crippen molar-refractivity contribution in [1.29, 1.82) is 0 Å². The molecule has 2 atom stereocenters. The van der Waals surface area contributed by atoms with Crippen molar-refractivity contribution in [3.8, 4) is 0 Å². The number of amides is 1. The molecule has 0 saturated carbocycles. The van der Waals surface area contributed by atoms with Crippen LogP contribution in [0.2, 0.25) is 0 Å². The number of piperidine rings is 1. The highest BCUT2D eigenvalue weighted by atomic mass is 32.2. The van der Waals surface area contributed by atoms with Crippen molar-refractivity contribution in [3.63, 3.8) is 0 Å². The molecule has 1 aromatic rings. The molecular formula is C17H20F3N5O4S. The Labute approximate surface area is 170 Å². The molecule has 0 aliphatic carbocycles. The Morgan fingerprint density at radius 2 is 2.13 bits per heavy atom. The standard InChI is InChI=1S/C17H20F3N5O4S/c18-17(19,20)13-6-14(22-10-21-13)25-4-1-3-16(9-25)7-12(24-29-16)15(26)23-11-2-5-30(27,28)8-11/h6,10-11H,1-5,7-9H2,(H,23,26)/t11-,16+/m1/s1. The van der Waals surface area contributed by atoms with E-state index in [1.54, 1.807) is 4.90 Å². The van der Waals surface area contributed by atoms with Crippen molar-refractivity contribution < 1.29 is 31.2 Å². The summed E-state index contributed by atoms with van der Waals surface area (Å²) in [5, 5.41) is 6.57. The van der Waals surface area contributed by atoms with Crippen molar-refractivity contribution in [1.82, 2.24) is 15.3 Å². The normalized spacial score (nSPS) is 28.3. The highest BCUT2D eigenvalue weighted by Gasteiger charge is 2.45. The van der Waals surface area contributed by atoms with E-state index in [0.717, 1.165) is 12.4 Å². The number of aromatic nitrogens is 2. The van der Waals surface area contributed by atoms with Crippen LogP contribution in [0.5, 0.6) is 0 Å². The highest BCUT2D eigenvalue weighted by Crippen LogP contribution is 2.36. The second kappa shape index (κ2) is 7.36. The van der Waals surface area contributed by atoms with Crippen molar-refractivity contribution in [2.24, 2.45) is 5.16 Å². The molecule has 4 heterocycles. The maximum absolute atomic E-state index is 13.0. The monoisotopic (exact) mass is 447 g/mol. The van der Waals surface area contributed by atoms with Gasteiger partial charge in [0.1, 0.15) is 23.6 Å². The van der Waals surface area contributed by atoms with Crippen LogP contribution in [0.25, 0.3) is 0 Å². The molecule has 1 spiro atoms. The molecule has 30 heavy (non-hydrogen) atoms. The van der Waals surface area contributed by atoms with Gasteiger partial charge in [-0.25, -0.2) is 18.4 Å². The van der Waals surface area contributed by atoms with Crippen molar-refractivity contribution in [2.75, 3.05) is 29.5 Å². The number of sulfone groups is 1. The summed E-state index contributed by atoms with van der Waals surface area (Å²) in [6.45, 7) is 0.709. The molecule has 1 amide bonds. The molecule has 2 fully saturated rings. The molecule has 9 nitrogen and oxygen atoms in total. The van der Waals surface area contributed by atoms with Crippen LogP contribution >= 0.6 is 0 Å². The van der Waals surface area contributed by atoms with Gasteiger partial charge in [0.2, 0.25) is 0 Å². The lowest BCUT2D eigenvalue weighted by Crippen LogP contribution is -2.49. The second-order valence-electron chi connectivity index (χ2n) is 7.85. The zero-order valence-electron chi connectivity index (χ0n) is 15.9. The summed E-state index contributed by atoms with van der Waals surface area (Å²) in [7, 11) is -3.13. The van der Waals surface area contributed by atoms with Crippen LogP contribution in [0, 0.1) is 0 Å². The number of nitrogens with zero attached hydrogens (tertiary/aromatic N) is 4. The molecule has 0 aromatic carbocycles. The van der Waals surface area contributed by atoms with E-state index in [0.29, 0.717) is 25.8 Å². The van der Waals surface area contributed by atoms with Crippen LogP contribution in [0.4, 0.5) is 19.0 Å². The van der Waals surface area contributed by atoms with Crippen molar-refractivity contribution in [3.05, 3.63) is 18.1 Å². The molecule has 0 unspecified atom stereocenters. The molecule has 1 aromatic heterocycles. The molecular weight excluding hydrogens is 427 g/mol. The summed E-state index contributed by atoms with van der Waals surface area (Å²) in [4.78, 5) is 26.9. The third kappa shape index (κ3) is 4.35. The predicted octanol–water partition coefficient (Wildman–Crippen LogP) is 0.914. The summed E-state index contributed by atoms with van der Waals surface area (Å²) in [6.07, 6.45) is -1.95. The Morgan fingerprint density at radius 1 is 1.33 bits per heavy atom. The number of rotatable bonds is 3. The minimum Gasteiger partial charge on any atom is -0.386 e. The van der Waals surface area contributed by atoms with E-state index >= 15 is 0 Å². The van der Waals surface area contributed by atoms with Gasteiger partial charge in [0, 0.05) is 25.1 Å². The molecule has 0 bridgehead atoms. The lowest BCUT2D eigenvalue weighted by atomic mass is 9.88. The van der Waals surface area contributed by atoms with Crippen molar-refractivity contribution >= 4 is 27.3 Å². The number of hydrogen-bond acceptors (Lipinski definition) is 8. The van der Waals surface area contributed by atoms with Gasteiger partial charge >= 0.3 is 6.18 Å². The van der Waals surface area contributed by atoms with Gasteiger partial charge in [0.15, 0.2) is 15.4 Å². The Hall–Kier alpha value is -2.44.